The standard InChI is InChI=1S/C17H21N5/c1-11-8-12(13(9-18)10-19)2-5-15(11)16(20)6-7-17(21)22-14-3-4-14/h2,5-10,14,18,20H,3-4,19H2,1H3,(H2,21,22)/b7-6-,13-10+,18-9?,20-16?. The molecule has 0 atom stereocenters. The maximum Gasteiger partial charge on any atom is 0.118 e. The lowest BCUT2D eigenvalue weighted by atomic mass is 9.98. The van der Waals surface area contributed by atoms with E-state index in [0.717, 1.165) is 29.5 Å². The molecule has 6 N–H and O–H groups in total. The largest absolute Gasteiger partial charge is 0.404 e. The number of hydrogen-bond acceptors (Lipinski definition) is 4. The molecule has 0 bridgehead atoms. The summed E-state index contributed by atoms with van der Waals surface area (Å²) in [6.45, 7) is 1.93. The number of rotatable bonds is 6. The first-order valence-corrected chi connectivity index (χ1v) is 7.19. The van der Waals surface area contributed by atoms with Crippen molar-refractivity contribution in [3.63, 3.8) is 0 Å². The van der Waals surface area contributed by atoms with E-state index in [9.17, 15) is 0 Å². The lowest BCUT2D eigenvalue weighted by Crippen LogP contribution is -2.10. The van der Waals surface area contributed by atoms with Gasteiger partial charge in [0, 0.05) is 23.6 Å². The van der Waals surface area contributed by atoms with Crippen LogP contribution in [0.25, 0.3) is 5.57 Å². The van der Waals surface area contributed by atoms with Crippen molar-refractivity contribution >= 4 is 23.3 Å². The molecular formula is C17H21N5. The SMILES string of the molecule is Cc1cc(/C(C=N)=C/N)ccc1C(=N)/C=C\C(N)=NC1CC1. The van der Waals surface area contributed by atoms with Crippen LogP contribution in [0.1, 0.15) is 29.5 Å². The maximum absolute atomic E-state index is 8.15. The first kappa shape index (κ1) is 15.7. The van der Waals surface area contributed by atoms with Crippen molar-refractivity contribution in [2.75, 3.05) is 0 Å². The number of allylic oxidation sites excluding steroid dienone is 2. The van der Waals surface area contributed by atoms with Gasteiger partial charge in [0.1, 0.15) is 5.84 Å². The molecule has 1 aromatic carbocycles. The number of amidine groups is 1. The van der Waals surface area contributed by atoms with Crippen molar-refractivity contribution in [3.8, 4) is 0 Å². The fourth-order valence-electron chi connectivity index (χ4n) is 2.09. The Balaban J connectivity index is 2.16. The van der Waals surface area contributed by atoms with Gasteiger partial charge in [0.25, 0.3) is 0 Å². The first-order valence-electron chi connectivity index (χ1n) is 7.19. The van der Waals surface area contributed by atoms with Gasteiger partial charge in [-0.1, -0.05) is 18.2 Å². The zero-order valence-corrected chi connectivity index (χ0v) is 12.6. The molecule has 1 saturated carbocycles. The van der Waals surface area contributed by atoms with Crippen LogP contribution in [-0.4, -0.2) is 23.8 Å². The molecule has 0 amide bonds. The summed E-state index contributed by atoms with van der Waals surface area (Å²) < 4.78 is 0. The number of aryl methyl sites for hydroxylation is 1. The molecule has 5 heteroatoms. The van der Waals surface area contributed by atoms with Gasteiger partial charge in [-0.15, -0.1) is 0 Å². The average Bonchev–Trinajstić information content (AvgIpc) is 3.30. The maximum atomic E-state index is 8.15. The molecule has 0 heterocycles. The number of nitrogens with one attached hydrogen (secondary N) is 2. The van der Waals surface area contributed by atoms with E-state index in [1.807, 2.05) is 25.1 Å². The minimum absolute atomic E-state index is 0.377. The minimum Gasteiger partial charge on any atom is -0.404 e. The quantitative estimate of drug-likeness (QED) is 0.477. The Hall–Kier alpha value is -2.69. The normalized spacial score (nSPS) is 16.0. The lowest BCUT2D eigenvalue weighted by molar-refractivity contribution is 1.06. The van der Waals surface area contributed by atoms with E-state index in [2.05, 4.69) is 4.99 Å². The van der Waals surface area contributed by atoms with E-state index in [-0.39, 0.29) is 0 Å². The molecule has 1 aliphatic carbocycles. The van der Waals surface area contributed by atoms with Gasteiger partial charge in [0.2, 0.25) is 0 Å². The third kappa shape index (κ3) is 3.91. The molecule has 22 heavy (non-hydrogen) atoms. The van der Waals surface area contributed by atoms with Crippen molar-refractivity contribution in [2.24, 2.45) is 16.5 Å². The predicted molar refractivity (Wildman–Crippen MR) is 92.7 cm³/mol. The van der Waals surface area contributed by atoms with E-state index < -0.39 is 0 Å². The molecule has 1 fully saturated rings. The highest BCUT2D eigenvalue weighted by atomic mass is 14.9. The van der Waals surface area contributed by atoms with Gasteiger partial charge in [-0.2, -0.15) is 0 Å². The number of nitrogens with two attached hydrogens (primary N) is 2. The van der Waals surface area contributed by atoms with Gasteiger partial charge in [-0.25, -0.2) is 0 Å². The number of hydrogen-bond donors (Lipinski definition) is 4. The summed E-state index contributed by atoms with van der Waals surface area (Å²) >= 11 is 0. The molecule has 0 saturated heterocycles. The van der Waals surface area contributed by atoms with Crippen LogP contribution in [0.5, 0.6) is 0 Å². The van der Waals surface area contributed by atoms with E-state index in [1.54, 1.807) is 12.2 Å². The van der Waals surface area contributed by atoms with Crippen molar-refractivity contribution in [3.05, 3.63) is 53.2 Å². The highest BCUT2D eigenvalue weighted by Crippen LogP contribution is 2.23. The second-order valence-electron chi connectivity index (χ2n) is 5.33. The van der Waals surface area contributed by atoms with Gasteiger partial charge in [0.05, 0.1) is 11.8 Å². The van der Waals surface area contributed by atoms with E-state index in [0.29, 0.717) is 23.2 Å². The smallest absolute Gasteiger partial charge is 0.118 e. The monoisotopic (exact) mass is 295 g/mol. The van der Waals surface area contributed by atoms with E-state index in [1.165, 1.54) is 12.4 Å². The highest BCUT2D eigenvalue weighted by Gasteiger charge is 2.19. The fraction of sp³-hybridized carbons (Fsp3) is 0.235. The van der Waals surface area contributed by atoms with Crippen LogP contribution in [-0.2, 0) is 0 Å². The molecular weight excluding hydrogens is 274 g/mol. The van der Waals surface area contributed by atoms with Crippen molar-refractivity contribution in [2.45, 2.75) is 25.8 Å². The third-order valence-electron chi connectivity index (χ3n) is 3.48. The molecule has 0 aromatic heterocycles. The Morgan fingerprint density at radius 2 is 2.05 bits per heavy atom. The summed E-state index contributed by atoms with van der Waals surface area (Å²) in [4.78, 5) is 4.30. The number of benzene rings is 1. The van der Waals surface area contributed by atoms with Crippen LogP contribution in [0, 0.1) is 17.7 Å². The molecule has 0 radical (unpaired) electrons. The molecule has 2 rings (SSSR count). The van der Waals surface area contributed by atoms with Gasteiger partial charge >= 0.3 is 0 Å². The van der Waals surface area contributed by atoms with Crippen LogP contribution in [0.2, 0.25) is 0 Å². The van der Waals surface area contributed by atoms with Crippen LogP contribution in [0.15, 0.2) is 41.5 Å². The summed E-state index contributed by atoms with van der Waals surface area (Å²) in [6.07, 6.45) is 8.18. The third-order valence-corrected chi connectivity index (χ3v) is 3.48. The Bertz CT molecular complexity index is 678. The Morgan fingerprint density at radius 3 is 2.59 bits per heavy atom. The Kier molecular flexibility index (Phi) is 4.88. The van der Waals surface area contributed by atoms with E-state index in [4.69, 9.17) is 22.3 Å². The summed E-state index contributed by atoms with van der Waals surface area (Å²) in [5.41, 5.74) is 15.0. The van der Waals surface area contributed by atoms with Gasteiger partial charge < -0.3 is 22.3 Å². The first-order chi connectivity index (χ1) is 10.5. The number of nitrogens with zero attached hydrogens (tertiary/aromatic N) is 1. The van der Waals surface area contributed by atoms with Crippen LogP contribution in [0.4, 0.5) is 0 Å². The minimum atomic E-state index is 0.377. The molecule has 1 aromatic rings. The summed E-state index contributed by atoms with van der Waals surface area (Å²) in [5.74, 6) is 0.471. The second-order valence-corrected chi connectivity index (χ2v) is 5.33. The zero-order chi connectivity index (χ0) is 16.1. The molecule has 0 spiro atoms. The number of aliphatic imine (C=N–C) groups is 1. The summed E-state index contributed by atoms with van der Waals surface area (Å²) in [5, 5.41) is 15.5. The highest BCUT2D eigenvalue weighted by molar-refractivity contribution is 6.12. The fourth-order valence-corrected chi connectivity index (χ4v) is 2.09. The Morgan fingerprint density at radius 1 is 1.32 bits per heavy atom. The molecule has 114 valence electrons. The van der Waals surface area contributed by atoms with Crippen LogP contribution in [0.3, 0.4) is 0 Å². The van der Waals surface area contributed by atoms with E-state index >= 15 is 0 Å². The molecule has 0 aliphatic heterocycles. The van der Waals surface area contributed by atoms with Crippen LogP contribution >= 0.6 is 0 Å². The van der Waals surface area contributed by atoms with Crippen molar-refractivity contribution < 1.29 is 0 Å². The predicted octanol–water partition coefficient (Wildman–Crippen LogP) is 2.39. The van der Waals surface area contributed by atoms with Gasteiger partial charge in [0.15, 0.2) is 0 Å². The average molecular weight is 295 g/mol. The van der Waals surface area contributed by atoms with Crippen molar-refractivity contribution in [1.82, 2.24) is 0 Å². The van der Waals surface area contributed by atoms with Gasteiger partial charge in [-0.3, -0.25) is 4.99 Å². The van der Waals surface area contributed by atoms with Crippen molar-refractivity contribution in [1.29, 1.82) is 10.8 Å². The molecule has 5 nitrogen and oxygen atoms in total. The summed E-state index contributed by atoms with van der Waals surface area (Å²) in [7, 11) is 0. The lowest BCUT2D eigenvalue weighted by Gasteiger charge is -2.08. The molecule has 0 unspecified atom stereocenters. The zero-order valence-electron chi connectivity index (χ0n) is 12.6. The summed E-state index contributed by atoms with van der Waals surface area (Å²) in [6, 6.07) is 6.01. The second kappa shape index (κ2) is 6.85. The molecule has 1 aliphatic rings. The topological polar surface area (TPSA) is 112 Å². The van der Waals surface area contributed by atoms with Crippen LogP contribution < -0.4 is 11.5 Å². The Labute approximate surface area is 130 Å². The van der Waals surface area contributed by atoms with Gasteiger partial charge in [-0.05, 0) is 43.0 Å².